The number of rotatable bonds is 13. The molecule has 1 saturated carbocycles. The van der Waals surface area contributed by atoms with Crippen LogP contribution in [-0.2, 0) is 32.2 Å². The molecule has 3 rings (SSSR count). The molecular formula is C31H45NO6. The Morgan fingerprint density at radius 2 is 1.50 bits per heavy atom. The summed E-state index contributed by atoms with van der Waals surface area (Å²) >= 11 is 0. The maximum Gasteiger partial charge on any atom is 0.410 e. The van der Waals surface area contributed by atoms with Crippen LogP contribution in [0.1, 0.15) is 64.5 Å². The van der Waals surface area contributed by atoms with Crippen molar-refractivity contribution in [2.75, 3.05) is 13.7 Å². The summed E-state index contributed by atoms with van der Waals surface area (Å²) in [5.41, 5.74) is 1.47. The Morgan fingerprint density at radius 3 is 2.03 bits per heavy atom. The van der Waals surface area contributed by atoms with E-state index in [0.717, 1.165) is 24.0 Å². The Kier molecular flexibility index (Phi) is 11.6. The second-order valence-electron chi connectivity index (χ2n) is 11.1. The highest BCUT2D eigenvalue weighted by atomic mass is 16.6. The highest BCUT2D eigenvalue weighted by molar-refractivity contribution is 5.68. The van der Waals surface area contributed by atoms with Crippen LogP contribution in [0.25, 0.3) is 0 Å². The number of aliphatic hydroxyl groups is 1. The lowest BCUT2D eigenvalue weighted by Crippen LogP contribution is -2.52. The Bertz CT molecular complexity index is 948. The summed E-state index contributed by atoms with van der Waals surface area (Å²) in [6.45, 7) is 8.62. The first-order chi connectivity index (χ1) is 18.2. The van der Waals surface area contributed by atoms with E-state index in [2.05, 4.69) is 6.92 Å². The van der Waals surface area contributed by atoms with Crippen molar-refractivity contribution >= 4 is 6.09 Å². The molecule has 1 N–H and O–H groups in total. The molecule has 1 aliphatic carbocycles. The normalized spacial score (nSPS) is 22.3. The molecule has 1 amide bonds. The Morgan fingerprint density at radius 1 is 0.947 bits per heavy atom. The van der Waals surface area contributed by atoms with Gasteiger partial charge >= 0.3 is 6.09 Å². The van der Waals surface area contributed by atoms with E-state index in [0.29, 0.717) is 26.1 Å². The zero-order valence-corrected chi connectivity index (χ0v) is 23.5. The monoisotopic (exact) mass is 527 g/mol. The fourth-order valence-corrected chi connectivity index (χ4v) is 4.70. The molecule has 2 aromatic rings. The van der Waals surface area contributed by atoms with Gasteiger partial charge < -0.3 is 29.0 Å². The van der Waals surface area contributed by atoms with Crippen molar-refractivity contribution in [3.8, 4) is 0 Å². The van der Waals surface area contributed by atoms with Gasteiger partial charge in [-0.05, 0) is 38.3 Å². The van der Waals surface area contributed by atoms with E-state index in [1.165, 1.54) is 0 Å². The second kappa shape index (κ2) is 14.6. The van der Waals surface area contributed by atoms with Gasteiger partial charge in [0, 0.05) is 13.5 Å². The molecule has 1 aliphatic rings. The maximum absolute atomic E-state index is 13.2. The van der Waals surface area contributed by atoms with Crippen LogP contribution in [0.5, 0.6) is 0 Å². The lowest BCUT2D eigenvalue weighted by molar-refractivity contribution is -0.106. The highest BCUT2D eigenvalue weighted by Crippen LogP contribution is 2.34. The summed E-state index contributed by atoms with van der Waals surface area (Å²) in [5, 5.41) is 10.5. The van der Waals surface area contributed by atoms with E-state index in [1.54, 1.807) is 11.9 Å². The lowest BCUT2D eigenvalue weighted by atomic mass is 10.1. The average molecular weight is 528 g/mol. The molecule has 0 radical (unpaired) electrons. The predicted octanol–water partition coefficient (Wildman–Crippen LogP) is 5.73. The van der Waals surface area contributed by atoms with Crippen LogP contribution in [-0.4, -0.2) is 65.8 Å². The van der Waals surface area contributed by atoms with Crippen molar-refractivity contribution in [2.24, 2.45) is 0 Å². The number of likely N-dealkylation sites (N-methyl/N-ethyl adjacent to an activating group) is 1. The summed E-state index contributed by atoms with van der Waals surface area (Å²) in [7, 11) is 1.72. The largest absolute Gasteiger partial charge is 0.444 e. The van der Waals surface area contributed by atoms with Gasteiger partial charge in [-0.1, -0.05) is 80.4 Å². The number of ether oxygens (including phenoxy) is 4. The molecule has 5 unspecified atom stereocenters. The van der Waals surface area contributed by atoms with Crippen LogP contribution < -0.4 is 0 Å². The van der Waals surface area contributed by atoms with Crippen molar-refractivity contribution in [1.82, 2.24) is 4.90 Å². The van der Waals surface area contributed by atoms with Crippen molar-refractivity contribution in [1.29, 1.82) is 0 Å². The molecule has 0 aromatic heterocycles. The van der Waals surface area contributed by atoms with E-state index in [9.17, 15) is 9.90 Å². The minimum atomic E-state index is -0.639. The van der Waals surface area contributed by atoms with Crippen LogP contribution in [0.15, 0.2) is 60.7 Å². The number of nitrogens with zero attached hydrogens (tertiary/aromatic N) is 1. The second-order valence-corrected chi connectivity index (χ2v) is 11.1. The molecule has 5 atom stereocenters. The summed E-state index contributed by atoms with van der Waals surface area (Å²) in [6, 6.07) is 19.5. The highest BCUT2D eigenvalue weighted by Gasteiger charge is 2.49. The first kappa shape index (κ1) is 30.1. The average Bonchev–Trinajstić information content (AvgIpc) is 3.25. The molecule has 38 heavy (non-hydrogen) atoms. The zero-order valence-electron chi connectivity index (χ0n) is 23.5. The zero-order chi connectivity index (χ0) is 27.5. The molecule has 0 bridgehead atoms. The van der Waals surface area contributed by atoms with Crippen molar-refractivity contribution in [2.45, 2.75) is 103 Å². The smallest absolute Gasteiger partial charge is 0.410 e. The van der Waals surface area contributed by atoms with Crippen LogP contribution in [0.4, 0.5) is 4.79 Å². The fraction of sp³-hybridized carbons (Fsp3) is 0.581. The number of hydrogen-bond acceptors (Lipinski definition) is 6. The number of hydrogen-bond donors (Lipinski definition) is 1. The van der Waals surface area contributed by atoms with Crippen molar-refractivity contribution in [3.63, 3.8) is 0 Å². The van der Waals surface area contributed by atoms with E-state index < -0.39 is 29.9 Å². The van der Waals surface area contributed by atoms with Crippen LogP contribution in [0.2, 0.25) is 0 Å². The van der Waals surface area contributed by atoms with Crippen molar-refractivity contribution in [3.05, 3.63) is 71.8 Å². The molecule has 0 saturated heterocycles. The molecule has 0 heterocycles. The fourth-order valence-electron chi connectivity index (χ4n) is 4.70. The molecule has 1 fully saturated rings. The van der Waals surface area contributed by atoms with Gasteiger partial charge in [0.15, 0.2) is 0 Å². The number of aliphatic hydroxyl groups excluding tert-OH is 1. The van der Waals surface area contributed by atoms with Crippen LogP contribution >= 0.6 is 0 Å². The molecular weight excluding hydrogens is 482 g/mol. The minimum Gasteiger partial charge on any atom is -0.444 e. The van der Waals surface area contributed by atoms with E-state index in [-0.39, 0.29) is 18.8 Å². The van der Waals surface area contributed by atoms with Gasteiger partial charge in [0.05, 0.1) is 44.2 Å². The Balaban J connectivity index is 1.83. The molecule has 7 heteroatoms. The third-order valence-corrected chi connectivity index (χ3v) is 6.66. The summed E-state index contributed by atoms with van der Waals surface area (Å²) in [6.07, 6.45) is 0.951. The SMILES string of the molecule is CCCCC(O)COC1C(OCc2ccccc2)CC(OCc2ccccc2)C1N(C)C(=O)OC(C)(C)C. The molecule has 0 spiro atoms. The standard InChI is InChI=1S/C31H45NO6/c1-6-7-18-25(33)22-37-29-27(36-21-24-16-12-9-13-17-24)19-26(35-20-23-14-10-8-11-15-23)28(29)32(5)30(34)38-31(2,3)4/h8-17,25-29,33H,6-7,18-22H2,1-5H3. The Labute approximate surface area is 228 Å². The first-order valence-electron chi connectivity index (χ1n) is 13.7. The number of unbranched alkanes of at least 4 members (excludes halogenated alkanes) is 1. The van der Waals surface area contributed by atoms with Gasteiger partial charge in [0.1, 0.15) is 11.7 Å². The first-order valence-corrected chi connectivity index (χ1v) is 13.7. The molecule has 7 nitrogen and oxygen atoms in total. The quantitative estimate of drug-likeness (QED) is 0.358. The van der Waals surface area contributed by atoms with E-state index in [1.807, 2.05) is 81.4 Å². The number of carbonyl (C=O) groups is 1. The molecule has 2 aromatic carbocycles. The van der Waals surface area contributed by atoms with Crippen molar-refractivity contribution < 1.29 is 28.8 Å². The summed E-state index contributed by atoms with van der Waals surface area (Å²) < 4.78 is 24.9. The third-order valence-electron chi connectivity index (χ3n) is 6.66. The number of amides is 1. The van der Waals surface area contributed by atoms with Gasteiger partial charge in [-0.25, -0.2) is 4.79 Å². The van der Waals surface area contributed by atoms with Gasteiger partial charge in [-0.3, -0.25) is 0 Å². The minimum absolute atomic E-state index is 0.167. The van der Waals surface area contributed by atoms with Gasteiger partial charge in [0.25, 0.3) is 0 Å². The molecule has 210 valence electrons. The number of carbonyl (C=O) groups excluding carboxylic acids is 1. The van der Waals surface area contributed by atoms with Crippen LogP contribution in [0.3, 0.4) is 0 Å². The van der Waals surface area contributed by atoms with Gasteiger partial charge in [-0.15, -0.1) is 0 Å². The maximum atomic E-state index is 13.2. The van der Waals surface area contributed by atoms with Gasteiger partial charge in [-0.2, -0.15) is 0 Å². The van der Waals surface area contributed by atoms with Gasteiger partial charge in [0.2, 0.25) is 0 Å². The predicted molar refractivity (Wildman–Crippen MR) is 148 cm³/mol. The van der Waals surface area contributed by atoms with Crippen LogP contribution in [0, 0.1) is 0 Å². The number of benzene rings is 2. The van der Waals surface area contributed by atoms with E-state index >= 15 is 0 Å². The lowest BCUT2D eigenvalue weighted by Gasteiger charge is -2.35. The summed E-state index contributed by atoms with van der Waals surface area (Å²) in [5.74, 6) is 0. The topological polar surface area (TPSA) is 77.5 Å². The summed E-state index contributed by atoms with van der Waals surface area (Å²) in [4.78, 5) is 14.8. The van der Waals surface area contributed by atoms with E-state index in [4.69, 9.17) is 18.9 Å². The molecule has 0 aliphatic heterocycles. The third kappa shape index (κ3) is 9.38. The Hall–Kier alpha value is -2.45.